The molecule has 3 rings (SSSR count). The van der Waals surface area contributed by atoms with Crippen LogP contribution in [0.2, 0.25) is 0 Å². The molecule has 1 N–H and O–H groups in total. The molecule has 0 radical (unpaired) electrons. The first-order chi connectivity index (χ1) is 12.7. The summed E-state index contributed by atoms with van der Waals surface area (Å²) in [5.74, 6) is 0.134. The van der Waals surface area contributed by atoms with Crippen LogP contribution in [0.25, 0.3) is 0 Å². The third kappa shape index (κ3) is 5.09. The molecule has 5 nitrogen and oxygen atoms in total. The largest absolute Gasteiger partial charge is 0.497 e. The van der Waals surface area contributed by atoms with Gasteiger partial charge in [0.2, 0.25) is 6.10 Å². The number of carbonyl (C=O) groups excluding carboxylic acids is 2. The highest BCUT2D eigenvalue weighted by molar-refractivity contribution is 5.85. The number of benzene rings is 2. The van der Waals surface area contributed by atoms with E-state index in [4.69, 9.17) is 9.47 Å². The summed E-state index contributed by atoms with van der Waals surface area (Å²) in [5, 5.41) is 2.91. The van der Waals surface area contributed by atoms with Crippen LogP contribution in [0.3, 0.4) is 0 Å². The van der Waals surface area contributed by atoms with Crippen LogP contribution in [-0.2, 0) is 20.7 Å². The van der Waals surface area contributed by atoms with E-state index in [1.807, 2.05) is 42.5 Å². The molecule has 0 unspecified atom stereocenters. The number of hydrogen-bond acceptors (Lipinski definition) is 4. The van der Waals surface area contributed by atoms with Crippen molar-refractivity contribution in [3.8, 4) is 5.75 Å². The zero-order valence-corrected chi connectivity index (χ0v) is 14.8. The van der Waals surface area contributed by atoms with Gasteiger partial charge in [0.25, 0.3) is 5.91 Å². The summed E-state index contributed by atoms with van der Waals surface area (Å²) in [6.07, 6.45) is 1.83. The van der Waals surface area contributed by atoms with Crippen molar-refractivity contribution in [3.63, 3.8) is 0 Å². The molecule has 0 bridgehead atoms. The number of esters is 1. The van der Waals surface area contributed by atoms with Gasteiger partial charge >= 0.3 is 5.97 Å². The Labute approximate surface area is 153 Å². The fraction of sp³-hybridized carbons (Fsp3) is 0.333. The van der Waals surface area contributed by atoms with Crippen LogP contribution in [0.1, 0.15) is 36.5 Å². The summed E-state index contributed by atoms with van der Waals surface area (Å²) in [6, 6.07) is 16.9. The quantitative estimate of drug-likeness (QED) is 0.740. The van der Waals surface area contributed by atoms with Crippen LogP contribution in [0.4, 0.5) is 0 Å². The maximum absolute atomic E-state index is 12.5. The minimum absolute atomic E-state index is 0.215. The highest BCUT2D eigenvalue weighted by Crippen LogP contribution is 2.23. The summed E-state index contributed by atoms with van der Waals surface area (Å²) in [7, 11) is 1.61. The van der Waals surface area contributed by atoms with Crippen molar-refractivity contribution in [1.82, 2.24) is 5.32 Å². The zero-order valence-electron chi connectivity index (χ0n) is 14.8. The van der Waals surface area contributed by atoms with Crippen LogP contribution in [0, 0.1) is 0 Å². The molecule has 0 aliphatic heterocycles. The molecule has 1 saturated carbocycles. The molecule has 2 aromatic carbocycles. The molecule has 0 saturated heterocycles. The zero-order chi connectivity index (χ0) is 18.4. The number of ether oxygens (including phenoxy) is 2. The van der Waals surface area contributed by atoms with Gasteiger partial charge in [0, 0.05) is 18.0 Å². The summed E-state index contributed by atoms with van der Waals surface area (Å²) in [5.41, 5.74) is 1.70. The van der Waals surface area contributed by atoms with E-state index < -0.39 is 6.10 Å². The third-order valence-electron chi connectivity index (χ3n) is 4.29. The lowest BCUT2D eigenvalue weighted by Gasteiger charge is -2.18. The molecule has 1 amide bonds. The van der Waals surface area contributed by atoms with Gasteiger partial charge in [-0.2, -0.15) is 0 Å². The molecule has 1 fully saturated rings. The second-order valence-electron chi connectivity index (χ2n) is 6.41. The predicted molar refractivity (Wildman–Crippen MR) is 97.8 cm³/mol. The SMILES string of the molecule is COc1ccc(CCC(=O)O[C@H](C(=O)NC2CC2)c2ccccc2)cc1. The monoisotopic (exact) mass is 353 g/mol. The Morgan fingerprint density at radius 1 is 1.08 bits per heavy atom. The fourth-order valence-corrected chi connectivity index (χ4v) is 2.63. The molecule has 0 spiro atoms. The standard InChI is InChI=1S/C21H23NO4/c1-25-18-12-7-15(8-13-18)9-14-19(23)26-20(16-5-3-2-4-6-16)21(24)22-17-10-11-17/h2-8,12-13,17,20H,9-11,14H2,1H3,(H,22,24)/t20-/m0/s1. The Morgan fingerprint density at radius 2 is 1.77 bits per heavy atom. The Bertz CT molecular complexity index is 738. The van der Waals surface area contributed by atoms with E-state index in [1.54, 1.807) is 19.2 Å². The van der Waals surface area contributed by atoms with Crippen molar-refractivity contribution in [2.75, 3.05) is 7.11 Å². The maximum atomic E-state index is 12.5. The van der Waals surface area contributed by atoms with Crippen molar-refractivity contribution < 1.29 is 19.1 Å². The van der Waals surface area contributed by atoms with Gasteiger partial charge in [-0.1, -0.05) is 42.5 Å². The fourth-order valence-electron chi connectivity index (χ4n) is 2.63. The number of aryl methyl sites for hydroxylation is 1. The molecule has 1 aliphatic rings. The molecule has 0 heterocycles. The van der Waals surface area contributed by atoms with Crippen LogP contribution in [0.5, 0.6) is 5.75 Å². The van der Waals surface area contributed by atoms with Gasteiger partial charge in [-0.25, -0.2) is 0 Å². The first kappa shape index (κ1) is 18.0. The van der Waals surface area contributed by atoms with E-state index in [-0.39, 0.29) is 24.3 Å². The normalized spacial score (nSPS) is 14.3. The summed E-state index contributed by atoms with van der Waals surface area (Å²) >= 11 is 0. The lowest BCUT2D eigenvalue weighted by molar-refractivity contribution is -0.156. The molecule has 0 aromatic heterocycles. The summed E-state index contributed by atoms with van der Waals surface area (Å²) in [6.45, 7) is 0. The van der Waals surface area contributed by atoms with E-state index in [9.17, 15) is 9.59 Å². The molecule has 1 atom stereocenters. The Balaban J connectivity index is 1.59. The number of methoxy groups -OCH3 is 1. The molecular formula is C21H23NO4. The lowest BCUT2D eigenvalue weighted by atomic mass is 10.1. The number of hydrogen-bond donors (Lipinski definition) is 1. The van der Waals surface area contributed by atoms with E-state index in [0.717, 1.165) is 24.2 Å². The highest BCUT2D eigenvalue weighted by Gasteiger charge is 2.30. The third-order valence-corrected chi connectivity index (χ3v) is 4.29. The van der Waals surface area contributed by atoms with Gasteiger partial charge < -0.3 is 14.8 Å². The first-order valence-electron chi connectivity index (χ1n) is 8.83. The van der Waals surface area contributed by atoms with Crippen LogP contribution in [0.15, 0.2) is 54.6 Å². The second-order valence-corrected chi connectivity index (χ2v) is 6.41. The highest BCUT2D eigenvalue weighted by atomic mass is 16.5. The average molecular weight is 353 g/mol. The molecule has 26 heavy (non-hydrogen) atoms. The van der Waals surface area contributed by atoms with Crippen LogP contribution >= 0.6 is 0 Å². The Morgan fingerprint density at radius 3 is 2.38 bits per heavy atom. The van der Waals surface area contributed by atoms with Gasteiger partial charge in [0.15, 0.2) is 0 Å². The number of nitrogens with one attached hydrogen (secondary N) is 1. The first-order valence-corrected chi connectivity index (χ1v) is 8.83. The Kier molecular flexibility index (Phi) is 5.89. The smallest absolute Gasteiger partial charge is 0.307 e. The van der Waals surface area contributed by atoms with Gasteiger partial charge in [0.1, 0.15) is 5.75 Å². The van der Waals surface area contributed by atoms with E-state index in [1.165, 1.54) is 0 Å². The van der Waals surface area contributed by atoms with E-state index in [2.05, 4.69) is 5.32 Å². The van der Waals surface area contributed by atoms with Crippen LogP contribution in [-0.4, -0.2) is 25.0 Å². The predicted octanol–water partition coefficient (Wildman–Crippen LogP) is 3.19. The molecular weight excluding hydrogens is 330 g/mol. The van der Waals surface area contributed by atoms with Crippen molar-refractivity contribution in [2.24, 2.45) is 0 Å². The average Bonchev–Trinajstić information content (AvgIpc) is 3.49. The van der Waals surface area contributed by atoms with E-state index >= 15 is 0 Å². The number of amides is 1. The topological polar surface area (TPSA) is 64.6 Å². The lowest BCUT2D eigenvalue weighted by Crippen LogP contribution is -2.33. The van der Waals surface area contributed by atoms with Gasteiger partial charge in [-0.3, -0.25) is 9.59 Å². The van der Waals surface area contributed by atoms with Gasteiger partial charge in [0.05, 0.1) is 7.11 Å². The van der Waals surface area contributed by atoms with Crippen LogP contribution < -0.4 is 10.1 Å². The summed E-state index contributed by atoms with van der Waals surface area (Å²) < 4.78 is 10.6. The van der Waals surface area contributed by atoms with Gasteiger partial charge in [-0.15, -0.1) is 0 Å². The second kappa shape index (κ2) is 8.52. The van der Waals surface area contributed by atoms with Crippen molar-refractivity contribution in [3.05, 3.63) is 65.7 Å². The minimum atomic E-state index is -0.903. The van der Waals surface area contributed by atoms with Crippen molar-refractivity contribution in [2.45, 2.75) is 37.8 Å². The summed E-state index contributed by atoms with van der Waals surface area (Å²) in [4.78, 5) is 24.8. The maximum Gasteiger partial charge on any atom is 0.307 e. The van der Waals surface area contributed by atoms with E-state index in [0.29, 0.717) is 12.0 Å². The minimum Gasteiger partial charge on any atom is -0.497 e. The Hall–Kier alpha value is -2.82. The molecule has 136 valence electrons. The number of rotatable bonds is 8. The molecule has 1 aliphatic carbocycles. The van der Waals surface area contributed by atoms with Crippen molar-refractivity contribution >= 4 is 11.9 Å². The van der Waals surface area contributed by atoms with Gasteiger partial charge in [-0.05, 0) is 37.0 Å². The molecule has 5 heteroatoms. The van der Waals surface area contributed by atoms with Crippen molar-refractivity contribution in [1.29, 1.82) is 0 Å². The molecule has 2 aromatic rings. The number of carbonyl (C=O) groups is 2.